The highest BCUT2D eigenvalue weighted by Gasteiger charge is 2.52. The second-order valence-electron chi connectivity index (χ2n) is 17.1. The molecule has 4 fully saturated rings. The van der Waals surface area contributed by atoms with Crippen LogP contribution in [0.1, 0.15) is 136 Å². The van der Waals surface area contributed by atoms with Crippen molar-refractivity contribution in [3.8, 4) is 0 Å². The Morgan fingerprint density at radius 1 is 0.923 bits per heavy atom. The van der Waals surface area contributed by atoms with E-state index in [4.69, 9.17) is 0 Å². The molecule has 288 valence electrons. The third-order valence-corrected chi connectivity index (χ3v) is 12.2. The fourth-order valence-electron chi connectivity index (χ4n) is 9.13. The third kappa shape index (κ3) is 9.74. The van der Waals surface area contributed by atoms with Gasteiger partial charge in [0.15, 0.2) is 17.3 Å². The number of amides is 1. The molecule has 2 heterocycles. The lowest BCUT2D eigenvalue weighted by molar-refractivity contribution is -0.163. The number of nitrogens with zero attached hydrogens (tertiary/aromatic N) is 3. The van der Waals surface area contributed by atoms with Crippen molar-refractivity contribution in [2.75, 3.05) is 6.54 Å². The van der Waals surface area contributed by atoms with Crippen LogP contribution < -0.4 is 5.32 Å². The number of nitrogens with one attached hydrogen (secondary N) is 1. The van der Waals surface area contributed by atoms with Gasteiger partial charge in [0.25, 0.3) is 0 Å². The first-order valence-electron chi connectivity index (χ1n) is 19.6. The van der Waals surface area contributed by atoms with Crippen molar-refractivity contribution in [2.45, 2.75) is 148 Å². The van der Waals surface area contributed by atoms with E-state index in [2.05, 4.69) is 15.3 Å². The number of Topliss-reactive ketones (excluding diaryl/α,β-unsaturated/α-hetero) is 4. The van der Waals surface area contributed by atoms with E-state index in [1.54, 1.807) is 4.90 Å². The van der Waals surface area contributed by atoms with E-state index in [0.717, 1.165) is 57.6 Å². The van der Waals surface area contributed by atoms with Gasteiger partial charge in [0.05, 0.1) is 24.0 Å². The van der Waals surface area contributed by atoms with Crippen LogP contribution in [0, 0.1) is 40.9 Å². The average molecular weight is 731 g/mol. The minimum Gasteiger partial charge on any atom is -0.332 e. The summed E-state index contributed by atoms with van der Waals surface area (Å²) in [7, 11) is 0. The molecule has 4 aliphatic rings. The number of carbonyl (C=O) groups excluding carboxylic acids is 5. The molecule has 0 aromatic carbocycles. The molecule has 0 bridgehead atoms. The standard InChI is InChI=1S/C40H57F3N4O5/c1-5-10-26(36(51)33(50)19-24-15-16-24)20-32(49)35-28-14-9-13-27(28)23-47(35)38(52)29(39(2,3)4)21-31(48)34(25-11-7-6-8-12-25)46-37(40(41,42)43)30-22-44-17-18-45-30/h17-18,22,24-29,34-35,37,46H,5-16,19-21,23H2,1-4H3/t26-,27+,28+,29-,34+,35+,37+/m1/s1. The quantitative estimate of drug-likeness (QED) is 0.167. The number of hydrogen-bond donors (Lipinski definition) is 1. The summed E-state index contributed by atoms with van der Waals surface area (Å²) in [5, 5.41) is 2.66. The molecule has 1 aliphatic heterocycles. The molecule has 1 N–H and O–H groups in total. The van der Waals surface area contributed by atoms with E-state index in [0.29, 0.717) is 32.2 Å². The van der Waals surface area contributed by atoms with E-state index < -0.39 is 58.9 Å². The van der Waals surface area contributed by atoms with Gasteiger partial charge in [-0.1, -0.05) is 59.8 Å². The van der Waals surface area contributed by atoms with Gasteiger partial charge in [-0.3, -0.25) is 39.3 Å². The van der Waals surface area contributed by atoms with Crippen LogP contribution in [0.3, 0.4) is 0 Å². The second-order valence-corrected chi connectivity index (χ2v) is 17.1. The first kappa shape index (κ1) is 40.2. The number of alkyl halides is 3. The Labute approximate surface area is 306 Å². The maximum absolute atomic E-state index is 14.7. The van der Waals surface area contributed by atoms with Gasteiger partial charge in [-0.15, -0.1) is 0 Å². The number of fused-ring (bicyclic) bond motifs is 1. The van der Waals surface area contributed by atoms with Crippen molar-refractivity contribution in [3.63, 3.8) is 0 Å². The van der Waals surface area contributed by atoms with Crippen molar-refractivity contribution in [2.24, 2.45) is 40.9 Å². The molecule has 5 rings (SSSR count). The summed E-state index contributed by atoms with van der Waals surface area (Å²) in [5.74, 6) is -3.57. The number of aromatic nitrogens is 2. The summed E-state index contributed by atoms with van der Waals surface area (Å²) in [6.45, 7) is 7.82. The summed E-state index contributed by atoms with van der Waals surface area (Å²) in [4.78, 5) is 78.8. The molecule has 12 heteroatoms. The van der Waals surface area contributed by atoms with E-state index in [1.807, 2.05) is 27.7 Å². The topological polar surface area (TPSA) is 126 Å². The zero-order chi connectivity index (χ0) is 37.8. The van der Waals surface area contributed by atoms with Crippen molar-refractivity contribution in [1.29, 1.82) is 0 Å². The van der Waals surface area contributed by atoms with E-state index >= 15 is 0 Å². The normalized spacial score (nSPS) is 24.9. The summed E-state index contributed by atoms with van der Waals surface area (Å²) in [6, 6.07) is -4.13. The molecule has 0 unspecified atom stereocenters. The summed E-state index contributed by atoms with van der Waals surface area (Å²) in [6.07, 6.45) is 7.87. The number of rotatable bonds is 17. The maximum atomic E-state index is 14.7. The maximum Gasteiger partial charge on any atom is 0.409 e. The fourth-order valence-corrected chi connectivity index (χ4v) is 9.13. The molecule has 1 amide bonds. The molecular weight excluding hydrogens is 673 g/mol. The van der Waals surface area contributed by atoms with Gasteiger partial charge in [0.1, 0.15) is 6.04 Å². The van der Waals surface area contributed by atoms with Gasteiger partial charge in [-0.05, 0) is 74.0 Å². The first-order valence-corrected chi connectivity index (χ1v) is 19.6. The molecule has 1 saturated heterocycles. The van der Waals surface area contributed by atoms with E-state index in [9.17, 15) is 37.1 Å². The van der Waals surface area contributed by atoms with Gasteiger partial charge in [0.2, 0.25) is 11.7 Å². The van der Waals surface area contributed by atoms with E-state index in [-0.39, 0.29) is 60.3 Å². The monoisotopic (exact) mass is 730 g/mol. The molecule has 0 spiro atoms. The zero-order valence-corrected chi connectivity index (χ0v) is 31.3. The molecule has 3 saturated carbocycles. The van der Waals surface area contributed by atoms with Gasteiger partial charge in [0, 0.05) is 50.0 Å². The number of carbonyl (C=O) groups is 5. The van der Waals surface area contributed by atoms with Crippen LogP contribution in [0.2, 0.25) is 0 Å². The number of likely N-dealkylation sites (tertiary alicyclic amines) is 1. The lowest BCUT2D eigenvalue weighted by atomic mass is 9.73. The van der Waals surface area contributed by atoms with E-state index in [1.165, 1.54) is 12.4 Å². The Hall–Kier alpha value is -3.02. The zero-order valence-electron chi connectivity index (χ0n) is 31.3. The van der Waals surface area contributed by atoms with Gasteiger partial charge >= 0.3 is 6.18 Å². The molecule has 52 heavy (non-hydrogen) atoms. The predicted molar refractivity (Wildman–Crippen MR) is 189 cm³/mol. The van der Waals surface area contributed by atoms with Crippen LogP contribution in [0.25, 0.3) is 0 Å². The fraction of sp³-hybridized carbons (Fsp3) is 0.775. The minimum absolute atomic E-state index is 0.0662. The summed E-state index contributed by atoms with van der Waals surface area (Å²) >= 11 is 0. The summed E-state index contributed by atoms with van der Waals surface area (Å²) < 4.78 is 43.6. The van der Waals surface area contributed by atoms with Crippen LogP contribution in [0.15, 0.2) is 18.6 Å². The molecule has 9 nitrogen and oxygen atoms in total. The molecule has 0 radical (unpaired) electrons. The average Bonchev–Trinajstić information content (AvgIpc) is 3.66. The number of ketones is 4. The van der Waals surface area contributed by atoms with Crippen molar-refractivity contribution in [3.05, 3.63) is 24.3 Å². The molecule has 1 aromatic rings. The number of halogens is 3. The first-order chi connectivity index (χ1) is 24.6. The third-order valence-electron chi connectivity index (χ3n) is 12.2. The lowest BCUT2D eigenvalue weighted by Gasteiger charge is -2.38. The van der Waals surface area contributed by atoms with Crippen LogP contribution in [0.4, 0.5) is 13.2 Å². The van der Waals surface area contributed by atoms with Crippen LogP contribution in [0.5, 0.6) is 0 Å². The van der Waals surface area contributed by atoms with Gasteiger partial charge in [-0.25, -0.2) is 0 Å². The smallest absolute Gasteiger partial charge is 0.332 e. The Balaban J connectivity index is 1.39. The Bertz CT molecular complexity index is 1440. The highest BCUT2D eigenvalue weighted by molar-refractivity contribution is 6.38. The second kappa shape index (κ2) is 17.0. The Kier molecular flexibility index (Phi) is 13.1. The highest BCUT2D eigenvalue weighted by Crippen LogP contribution is 2.46. The molecule has 7 atom stereocenters. The predicted octanol–water partition coefficient (Wildman–Crippen LogP) is 7.18. The Morgan fingerprint density at radius 3 is 2.23 bits per heavy atom. The van der Waals surface area contributed by atoms with Crippen LogP contribution >= 0.6 is 0 Å². The number of hydrogen-bond acceptors (Lipinski definition) is 8. The summed E-state index contributed by atoms with van der Waals surface area (Å²) in [5.41, 5.74) is -1.08. The van der Waals surface area contributed by atoms with Gasteiger partial charge < -0.3 is 4.90 Å². The molecule has 3 aliphatic carbocycles. The largest absolute Gasteiger partial charge is 0.409 e. The molecule has 1 aromatic heterocycles. The van der Waals surface area contributed by atoms with Gasteiger partial charge in [-0.2, -0.15) is 13.2 Å². The van der Waals surface area contributed by atoms with Crippen molar-refractivity contribution >= 4 is 29.0 Å². The van der Waals surface area contributed by atoms with Crippen LogP contribution in [-0.4, -0.2) is 68.7 Å². The minimum atomic E-state index is -4.75. The van der Waals surface area contributed by atoms with Crippen molar-refractivity contribution in [1.82, 2.24) is 20.2 Å². The molecular formula is C40H57F3N4O5. The highest BCUT2D eigenvalue weighted by atomic mass is 19.4. The van der Waals surface area contributed by atoms with Crippen LogP contribution in [-0.2, 0) is 24.0 Å². The van der Waals surface area contributed by atoms with Crippen molar-refractivity contribution < 1.29 is 37.1 Å². The lowest BCUT2D eigenvalue weighted by Crippen LogP contribution is -2.52. The SMILES string of the molecule is CCC[C@H](CC(=O)[C@@H]1[C@H]2CCC[C@H]2CN1C(=O)[C@@H](CC(=O)[C@@H](N[C@@H](c1cnccn1)C(F)(F)F)C1CCCCC1)C(C)(C)C)C(=O)C(=O)CC1CC1. The Morgan fingerprint density at radius 2 is 1.63 bits per heavy atom.